The topological polar surface area (TPSA) is 74.3 Å². The number of carbonyl (C=O) groups is 2. The first-order valence-electron chi connectivity index (χ1n) is 10.1. The summed E-state index contributed by atoms with van der Waals surface area (Å²) in [4.78, 5) is 27.0. The van der Waals surface area contributed by atoms with E-state index in [4.69, 9.17) is 4.42 Å². The molecule has 2 heterocycles. The molecule has 158 valence electrons. The summed E-state index contributed by atoms with van der Waals surface area (Å²) in [5, 5.41) is 9.53. The number of carbonyl (C=O) groups excluding carboxylic acids is 2. The van der Waals surface area contributed by atoms with Gasteiger partial charge < -0.3 is 4.42 Å². The second-order valence-electron chi connectivity index (χ2n) is 7.38. The molecule has 1 aromatic heterocycles. The normalized spacial score (nSPS) is 15.4. The maximum atomic E-state index is 13.2. The lowest BCUT2D eigenvalue weighted by Crippen LogP contribution is -2.43. The third-order valence-electron chi connectivity index (χ3n) is 5.33. The Bertz CT molecular complexity index is 1280. The molecule has 0 saturated carbocycles. The number of hydrogen-bond donors (Lipinski definition) is 0. The maximum Gasteiger partial charge on any atom is 0.271 e. The number of benzene rings is 2. The minimum absolute atomic E-state index is 0.0609. The van der Waals surface area contributed by atoms with E-state index in [9.17, 15) is 19.2 Å². The Morgan fingerprint density at radius 3 is 2.41 bits per heavy atom. The van der Waals surface area contributed by atoms with E-state index in [0.717, 1.165) is 10.5 Å². The highest BCUT2D eigenvalue weighted by Gasteiger charge is 2.35. The van der Waals surface area contributed by atoms with Crippen LogP contribution in [0.1, 0.15) is 18.2 Å². The first kappa shape index (κ1) is 21.0. The Morgan fingerprint density at radius 2 is 1.72 bits per heavy atom. The van der Waals surface area contributed by atoms with Gasteiger partial charge in [0.1, 0.15) is 29.0 Å². The molecular weight excluding hydrogens is 407 g/mol. The maximum absolute atomic E-state index is 13.2. The number of imide groups is 1. The largest absolute Gasteiger partial charge is 0.457 e. The third-order valence-corrected chi connectivity index (χ3v) is 5.33. The summed E-state index contributed by atoms with van der Waals surface area (Å²) in [5.41, 5.74) is 2.16. The highest BCUT2D eigenvalue weighted by Crippen LogP contribution is 2.29. The number of hydrogen-bond acceptors (Lipinski definition) is 4. The van der Waals surface area contributed by atoms with Crippen LogP contribution in [0.5, 0.6) is 0 Å². The van der Waals surface area contributed by atoms with Crippen molar-refractivity contribution in [1.29, 1.82) is 5.26 Å². The molecular formula is C26H19FN2O3. The third kappa shape index (κ3) is 4.14. The molecule has 0 N–H and O–H groups in total. The molecule has 1 aliphatic heterocycles. The van der Waals surface area contributed by atoms with Gasteiger partial charge in [0.25, 0.3) is 11.8 Å². The lowest BCUT2D eigenvalue weighted by molar-refractivity contribution is -0.140. The molecule has 2 amide bonds. The van der Waals surface area contributed by atoms with E-state index in [-0.39, 0.29) is 23.5 Å². The first-order chi connectivity index (χ1) is 15.5. The fourth-order valence-electron chi connectivity index (χ4n) is 3.56. The number of furan rings is 1. The Morgan fingerprint density at radius 1 is 1.00 bits per heavy atom. The van der Waals surface area contributed by atoms with Crippen molar-refractivity contribution in [1.82, 2.24) is 4.90 Å². The lowest BCUT2D eigenvalue weighted by Gasteiger charge is -2.27. The minimum Gasteiger partial charge on any atom is -0.457 e. The molecule has 3 aromatic rings. The molecule has 4 rings (SSSR count). The van der Waals surface area contributed by atoms with Gasteiger partial charge >= 0.3 is 0 Å². The molecule has 0 aliphatic carbocycles. The van der Waals surface area contributed by atoms with Crippen molar-refractivity contribution >= 4 is 17.9 Å². The Hall–Kier alpha value is -4.24. The van der Waals surface area contributed by atoms with Crippen molar-refractivity contribution in [3.05, 3.63) is 101 Å². The number of nitrogens with zero attached hydrogens (tertiary/aromatic N) is 2. The van der Waals surface area contributed by atoms with Crippen LogP contribution in [0.2, 0.25) is 0 Å². The Labute approximate surface area is 184 Å². The van der Waals surface area contributed by atoms with Gasteiger partial charge in [-0.3, -0.25) is 14.5 Å². The van der Waals surface area contributed by atoms with Gasteiger partial charge in [-0.25, -0.2) is 4.39 Å². The minimum atomic E-state index is -0.588. The Balaban J connectivity index is 1.64. The summed E-state index contributed by atoms with van der Waals surface area (Å²) in [6.45, 7) is 1.75. The summed E-state index contributed by atoms with van der Waals surface area (Å²) in [6, 6.07) is 20.7. The average molecular weight is 426 g/mol. The lowest BCUT2D eigenvalue weighted by atomic mass is 9.94. The van der Waals surface area contributed by atoms with Crippen LogP contribution in [0, 0.1) is 17.1 Å². The van der Waals surface area contributed by atoms with Crippen LogP contribution in [0.4, 0.5) is 4.39 Å². The van der Waals surface area contributed by atoms with Crippen molar-refractivity contribution in [3.8, 4) is 17.4 Å². The van der Waals surface area contributed by atoms with Crippen molar-refractivity contribution in [2.24, 2.45) is 0 Å². The zero-order chi connectivity index (χ0) is 22.7. The van der Waals surface area contributed by atoms with Gasteiger partial charge in [-0.05, 0) is 67.0 Å². The van der Waals surface area contributed by atoms with E-state index in [2.05, 4.69) is 0 Å². The zero-order valence-corrected chi connectivity index (χ0v) is 17.3. The molecule has 0 fully saturated rings. The summed E-state index contributed by atoms with van der Waals surface area (Å²) in [7, 11) is 0. The van der Waals surface area contributed by atoms with Crippen LogP contribution in [0.3, 0.4) is 0 Å². The van der Waals surface area contributed by atoms with E-state index in [0.29, 0.717) is 29.1 Å². The average Bonchev–Trinajstić information content (AvgIpc) is 3.27. The second kappa shape index (κ2) is 8.86. The number of nitriles is 1. The molecule has 32 heavy (non-hydrogen) atoms. The van der Waals surface area contributed by atoms with Gasteiger partial charge in [-0.1, -0.05) is 30.3 Å². The van der Waals surface area contributed by atoms with Gasteiger partial charge in [0.05, 0.1) is 0 Å². The van der Waals surface area contributed by atoms with Crippen LogP contribution in [-0.4, -0.2) is 23.3 Å². The molecule has 5 nitrogen and oxygen atoms in total. The standard InChI is InChI=1S/C26H19FN2O3/c1-17-22(15-21-11-12-24(32-21)19-7-9-20(27)10-8-19)25(30)29(26(31)23(17)16-28)14-13-18-5-3-2-4-6-18/h2-12,15H,13-14H2,1H3/b22-15+. The Kier molecular flexibility index (Phi) is 5.82. The number of amides is 2. The second-order valence-corrected chi connectivity index (χ2v) is 7.38. The van der Waals surface area contributed by atoms with Crippen molar-refractivity contribution < 1.29 is 18.4 Å². The van der Waals surface area contributed by atoms with Crippen LogP contribution >= 0.6 is 0 Å². The summed E-state index contributed by atoms with van der Waals surface area (Å²) >= 11 is 0. The fourth-order valence-corrected chi connectivity index (χ4v) is 3.56. The summed E-state index contributed by atoms with van der Waals surface area (Å²) < 4.78 is 19.0. The monoisotopic (exact) mass is 426 g/mol. The smallest absolute Gasteiger partial charge is 0.271 e. The van der Waals surface area contributed by atoms with E-state index in [1.165, 1.54) is 18.2 Å². The van der Waals surface area contributed by atoms with E-state index < -0.39 is 11.8 Å². The van der Waals surface area contributed by atoms with E-state index in [1.54, 1.807) is 31.2 Å². The van der Waals surface area contributed by atoms with Crippen molar-refractivity contribution in [3.63, 3.8) is 0 Å². The fraction of sp³-hybridized carbons (Fsp3) is 0.115. The molecule has 0 spiro atoms. The van der Waals surface area contributed by atoms with Gasteiger partial charge in [0, 0.05) is 17.7 Å². The highest BCUT2D eigenvalue weighted by atomic mass is 19.1. The summed E-state index contributed by atoms with van der Waals surface area (Å²) in [6.07, 6.45) is 2.02. The van der Waals surface area contributed by atoms with Crippen LogP contribution in [0.25, 0.3) is 17.4 Å². The molecule has 1 aliphatic rings. The van der Waals surface area contributed by atoms with Gasteiger partial charge in [-0.15, -0.1) is 0 Å². The SMILES string of the molecule is CC1=C(C#N)C(=O)N(CCc2ccccc2)C(=O)/C1=C/c1ccc(-c2ccc(F)cc2)o1. The van der Waals surface area contributed by atoms with Gasteiger partial charge in [0.15, 0.2) is 0 Å². The molecule has 2 aromatic carbocycles. The van der Waals surface area contributed by atoms with Crippen molar-refractivity contribution in [2.75, 3.05) is 6.54 Å². The van der Waals surface area contributed by atoms with Crippen LogP contribution in [-0.2, 0) is 16.0 Å². The van der Waals surface area contributed by atoms with E-state index >= 15 is 0 Å². The molecule has 0 radical (unpaired) electrons. The number of halogens is 1. The van der Waals surface area contributed by atoms with E-state index in [1.807, 2.05) is 36.4 Å². The molecule has 0 atom stereocenters. The first-order valence-corrected chi connectivity index (χ1v) is 10.1. The van der Waals surface area contributed by atoms with Crippen molar-refractivity contribution in [2.45, 2.75) is 13.3 Å². The molecule has 6 heteroatoms. The van der Waals surface area contributed by atoms with Crippen LogP contribution in [0.15, 0.2) is 87.9 Å². The molecule has 0 unspecified atom stereocenters. The molecule has 0 saturated heterocycles. The summed E-state index contributed by atoms with van der Waals surface area (Å²) in [5.74, 6) is -0.502. The highest BCUT2D eigenvalue weighted by molar-refractivity contribution is 6.19. The quantitative estimate of drug-likeness (QED) is 0.429. The van der Waals surface area contributed by atoms with Gasteiger partial charge in [0.2, 0.25) is 0 Å². The number of rotatable bonds is 5. The molecule has 0 bridgehead atoms. The van der Waals surface area contributed by atoms with Crippen LogP contribution < -0.4 is 0 Å². The predicted molar refractivity (Wildman–Crippen MR) is 117 cm³/mol. The van der Waals surface area contributed by atoms with Gasteiger partial charge in [-0.2, -0.15) is 5.26 Å². The predicted octanol–water partition coefficient (Wildman–Crippen LogP) is 4.92. The zero-order valence-electron chi connectivity index (χ0n) is 17.3.